The Bertz CT molecular complexity index is 310. The van der Waals surface area contributed by atoms with Crippen molar-refractivity contribution in [1.29, 1.82) is 0 Å². The molecular formula is C7H15N3O4S. The van der Waals surface area contributed by atoms with Gasteiger partial charge in [-0.3, -0.25) is 0 Å². The molecule has 7 nitrogen and oxygen atoms in total. The smallest absolute Gasteiger partial charge is 0.421 e. The SMILES string of the molecule is CCOC(=O)NS(=O)(=O)N[C@H]1CCNC1. The molecule has 0 saturated carbocycles. The topological polar surface area (TPSA) is 96.5 Å². The van der Waals surface area contributed by atoms with Gasteiger partial charge in [0.25, 0.3) is 0 Å². The van der Waals surface area contributed by atoms with Gasteiger partial charge in [-0.1, -0.05) is 0 Å². The highest BCUT2D eigenvalue weighted by Gasteiger charge is 2.22. The molecule has 0 aromatic rings. The standard InChI is InChI=1S/C7H15N3O4S/c1-2-14-7(11)10-15(12,13)9-6-3-4-8-5-6/h6,8-9H,2-5H2,1H3,(H,10,11)/t6-/m0/s1. The van der Waals surface area contributed by atoms with Crippen molar-refractivity contribution in [2.75, 3.05) is 19.7 Å². The molecule has 8 heteroatoms. The van der Waals surface area contributed by atoms with E-state index in [9.17, 15) is 13.2 Å². The maximum atomic E-state index is 11.3. The summed E-state index contributed by atoms with van der Waals surface area (Å²) in [7, 11) is -3.80. The molecule has 0 aliphatic carbocycles. The maximum Gasteiger partial charge on any atom is 0.421 e. The lowest BCUT2D eigenvalue weighted by Gasteiger charge is -2.12. The van der Waals surface area contributed by atoms with Gasteiger partial charge in [-0.05, 0) is 19.9 Å². The fraction of sp³-hybridized carbons (Fsp3) is 0.857. The largest absolute Gasteiger partial charge is 0.449 e. The number of rotatable bonds is 4. The Hall–Kier alpha value is -0.860. The Morgan fingerprint density at radius 2 is 2.33 bits per heavy atom. The second-order valence-electron chi connectivity index (χ2n) is 3.13. The van der Waals surface area contributed by atoms with Crippen molar-refractivity contribution in [3.05, 3.63) is 0 Å². The molecule has 0 aromatic carbocycles. The van der Waals surface area contributed by atoms with E-state index in [0.29, 0.717) is 13.0 Å². The van der Waals surface area contributed by atoms with Crippen LogP contribution in [0.5, 0.6) is 0 Å². The highest BCUT2D eigenvalue weighted by Crippen LogP contribution is 1.98. The van der Waals surface area contributed by atoms with Crippen molar-refractivity contribution in [1.82, 2.24) is 14.8 Å². The molecule has 1 fully saturated rings. The van der Waals surface area contributed by atoms with E-state index in [-0.39, 0.29) is 12.6 Å². The first-order chi connectivity index (χ1) is 7.03. The summed E-state index contributed by atoms with van der Waals surface area (Å²) in [6, 6.07) is -0.170. The lowest BCUT2D eigenvalue weighted by atomic mass is 10.3. The van der Waals surface area contributed by atoms with Crippen molar-refractivity contribution in [3.63, 3.8) is 0 Å². The monoisotopic (exact) mass is 237 g/mol. The predicted molar refractivity (Wildman–Crippen MR) is 53.5 cm³/mol. The van der Waals surface area contributed by atoms with Crippen LogP contribution in [0, 0.1) is 0 Å². The quantitative estimate of drug-likeness (QED) is 0.578. The van der Waals surface area contributed by atoms with Crippen LogP contribution < -0.4 is 14.8 Å². The van der Waals surface area contributed by atoms with Crippen molar-refractivity contribution in [3.8, 4) is 0 Å². The molecule has 0 unspecified atom stereocenters. The van der Waals surface area contributed by atoms with Gasteiger partial charge in [-0.15, -0.1) is 0 Å². The normalized spacial score (nSPS) is 21.3. The number of amides is 1. The molecule has 1 aliphatic heterocycles. The van der Waals surface area contributed by atoms with Crippen LogP contribution in [0.4, 0.5) is 4.79 Å². The summed E-state index contributed by atoms with van der Waals surface area (Å²) in [5.41, 5.74) is 0. The zero-order chi connectivity index (χ0) is 11.3. The molecule has 3 N–H and O–H groups in total. The second-order valence-corrected chi connectivity index (χ2v) is 4.58. The van der Waals surface area contributed by atoms with Crippen LogP contribution in [0.1, 0.15) is 13.3 Å². The molecule has 1 aliphatic rings. The summed E-state index contributed by atoms with van der Waals surface area (Å²) >= 11 is 0. The minimum Gasteiger partial charge on any atom is -0.449 e. The number of hydrogen-bond donors (Lipinski definition) is 3. The highest BCUT2D eigenvalue weighted by atomic mass is 32.2. The van der Waals surface area contributed by atoms with Gasteiger partial charge in [0, 0.05) is 12.6 Å². The first-order valence-corrected chi connectivity index (χ1v) is 6.19. The minimum atomic E-state index is -3.80. The van der Waals surface area contributed by atoms with E-state index in [4.69, 9.17) is 0 Å². The van der Waals surface area contributed by atoms with Gasteiger partial charge in [-0.25, -0.2) is 9.52 Å². The van der Waals surface area contributed by atoms with E-state index in [2.05, 4.69) is 14.8 Å². The van der Waals surface area contributed by atoms with Crippen LogP contribution in [-0.4, -0.2) is 40.2 Å². The van der Waals surface area contributed by atoms with E-state index in [1.807, 2.05) is 0 Å². The summed E-state index contributed by atoms with van der Waals surface area (Å²) in [4.78, 5) is 10.9. The van der Waals surface area contributed by atoms with Gasteiger partial charge in [-0.2, -0.15) is 13.1 Å². The molecule has 15 heavy (non-hydrogen) atoms. The van der Waals surface area contributed by atoms with Crippen LogP contribution in [0.2, 0.25) is 0 Å². The average molecular weight is 237 g/mol. The van der Waals surface area contributed by atoms with Gasteiger partial charge >= 0.3 is 16.3 Å². The number of nitrogens with one attached hydrogen (secondary N) is 3. The Morgan fingerprint density at radius 1 is 1.60 bits per heavy atom. The highest BCUT2D eigenvalue weighted by molar-refractivity contribution is 7.88. The third kappa shape index (κ3) is 4.45. The Morgan fingerprint density at radius 3 is 2.87 bits per heavy atom. The molecule has 0 aromatic heterocycles. The van der Waals surface area contributed by atoms with Crippen LogP contribution in [-0.2, 0) is 14.9 Å². The van der Waals surface area contributed by atoms with Crippen LogP contribution >= 0.6 is 0 Å². The van der Waals surface area contributed by atoms with E-state index in [1.54, 1.807) is 11.6 Å². The summed E-state index contributed by atoms with van der Waals surface area (Å²) < 4.78 is 31.2. The molecule has 88 valence electrons. The Labute approximate surface area is 88.7 Å². The lowest BCUT2D eigenvalue weighted by Crippen LogP contribution is -2.45. The summed E-state index contributed by atoms with van der Waals surface area (Å²) in [6.45, 7) is 3.07. The van der Waals surface area contributed by atoms with E-state index in [1.165, 1.54) is 0 Å². The van der Waals surface area contributed by atoms with Gasteiger partial charge in [0.2, 0.25) is 0 Å². The van der Waals surface area contributed by atoms with Crippen molar-refractivity contribution >= 4 is 16.3 Å². The zero-order valence-corrected chi connectivity index (χ0v) is 9.26. The van der Waals surface area contributed by atoms with E-state index < -0.39 is 16.3 Å². The predicted octanol–water partition coefficient (Wildman–Crippen LogP) is -1.07. The number of carbonyl (C=O) groups is 1. The van der Waals surface area contributed by atoms with E-state index >= 15 is 0 Å². The van der Waals surface area contributed by atoms with Gasteiger partial charge in [0.1, 0.15) is 0 Å². The van der Waals surface area contributed by atoms with Gasteiger partial charge in [0.05, 0.1) is 6.61 Å². The fourth-order valence-corrected chi connectivity index (χ4v) is 2.25. The Kier molecular flexibility index (Phi) is 4.30. The van der Waals surface area contributed by atoms with Crippen LogP contribution in [0.15, 0.2) is 0 Å². The number of hydrogen-bond acceptors (Lipinski definition) is 5. The first-order valence-electron chi connectivity index (χ1n) is 4.71. The third-order valence-electron chi connectivity index (χ3n) is 1.88. The van der Waals surface area contributed by atoms with Crippen molar-refractivity contribution in [2.24, 2.45) is 0 Å². The fourth-order valence-electron chi connectivity index (χ4n) is 1.27. The van der Waals surface area contributed by atoms with Crippen molar-refractivity contribution < 1.29 is 17.9 Å². The first kappa shape index (κ1) is 12.2. The summed E-state index contributed by atoms with van der Waals surface area (Å²) in [5, 5.41) is 3.00. The molecule has 1 rings (SSSR count). The maximum absolute atomic E-state index is 11.3. The van der Waals surface area contributed by atoms with E-state index in [0.717, 1.165) is 6.54 Å². The molecule has 1 atom stereocenters. The van der Waals surface area contributed by atoms with Crippen molar-refractivity contribution in [2.45, 2.75) is 19.4 Å². The second kappa shape index (κ2) is 5.29. The molecule has 0 radical (unpaired) electrons. The third-order valence-corrected chi connectivity index (χ3v) is 2.95. The average Bonchev–Trinajstić information content (AvgIpc) is 2.54. The number of ether oxygens (including phenoxy) is 1. The molecule has 0 spiro atoms. The van der Waals surface area contributed by atoms with Crippen LogP contribution in [0.25, 0.3) is 0 Å². The molecule has 1 heterocycles. The molecule has 1 saturated heterocycles. The zero-order valence-electron chi connectivity index (χ0n) is 8.45. The molecule has 0 bridgehead atoms. The molecule has 1 amide bonds. The minimum absolute atomic E-state index is 0.131. The van der Waals surface area contributed by atoms with Gasteiger partial charge < -0.3 is 10.1 Å². The van der Waals surface area contributed by atoms with Gasteiger partial charge in [0.15, 0.2) is 0 Å². The Balaban J connectivity index is 2.40. The summed E-state index contributed by atoms with van der Waals surface area (Å²) in [5.74, 6) is 0. The lowest BCUT2D eigenvalue weighted by molar-refractivity contribution is 0.158. The number of carbonyl (C=O) groups excluding carboxylic acids is 1. The summed E-state index contributed by atoms with van der Waals surface area (Å²) in [6.07, 6.45) is -0.250. The molecular weight excluding hydrogens is 222 g/mol. The van der Waals surface area contributed by atoms with Crippen LogP contribution in [0.3, 0.4) is 0 Å².